The van der Waals surface area contributed by atoms with Crippen molar-refractivity contribution in [2.45, 2.75) is 6.17 Å². The molecule has 4 nitrogen and oxygen atoms in total. The van der Waals surface area contributed by atoms with Crippen LogP contribution in [0.4, 0.5) is 4.39 Å². The summed E-state index contributed by atoms with van der Waals surface area (Å²) >= 11 is 1.80. The minimum absolute atomic E-state index is 0.606. The molecule has 6 heteroatoms. The first-order valence-corrected chi connectivity index (χ1v) is 15.8. The van der Waals surface area contributed by atoms with Crippen molar-refractivity contribution < 1.29 is 4.39 Å². The van der Waals surface area contributed by atoms with Crippen LogP contribution in [-0.2, 0) is 0 Å². The van der Waals surface area contributed by atoms with Crippen LogP contribution in [0.3, 0.4) is 0 Å². The fourth-order valence-electron chi connectivity index (χ4n) is 7.08. The summed E-state index contributed by atoms with van der Waals surface area (Å²) in [5, 5.41) is 7.84. The molecule has 10 aromatic rings. The second kappa shape index (κ2) is 9.21. The van der Waals surface area contributed by atoms with E-state index in [0.29, 0.717) is 11.1 Å². The molecule has 0 N–H and O–H groups in total. The minimum atomic E-state index is -1.32. The van der Waals surface area contributed by atoms with Crippen molar-refractivity contribution in [1.82, 2.24) is 18.9 Å². The Balaban J connectivity index is 1.20. The maximum Gasteiger partial charge on any atom is 0.150 e. The first-order chi connectivity index (χ1) is 22.2. The SMILES string of the molecule is FC(c1ccc2c3ccccc3n3ccnc3c2c1)c1ccc2c3cc4c(cc3n(-c3ccccn3)c2c1)sc1ccccc14. The number of imidazole rings is 1. The zero-order chi connectivity index (χ0) is 29.6. The van der Waals surface area contributed by atoms with Gasteiger partial charge in [0, 0.05) is 60.3 Å². The molecule has 5 heterocycles. The Labute approximate surface area is 260 Å². The van der Waals surface area contributed by atoms with Crippen LogP contribution in [0.15, 0.2) is 134 Å². The van der Waals surface area contributed by atoms with Crippen LogP contribution in [0.5, 0.6) is 0 Å². The summed E-state index contributed by atoms with van der Waals surface area (Å²) in [7, 11) is 0. The van der Waals surface area contributed by atoms with Gasteiger partial charge in [-0.05, 0) is 65.0 Å². The van der Waals surface area contributed by atoms with Crippen LogP contribution in [0, 0.1) is 0 Å². The molecule has 0 saturated carbocycles. The number of benzene rings is 5. The van der Waals surface area contributed by atoms with Crippen LogP contribution in [-0.4, -0.2) is 18.9 Å². The summed E-state index contributed by atoms with van der Waals surface area (Å²) in [6.45, 7) is 0. The number of aromatic nitrogens is 4. The maximum absolute atomic E-state index is 16.7. The van der Waals surface area contributed by atoms with Crippen LogP contribution >= 0.6 is 11.3 Å². The fourth-order valence-corrected chi connectivity index (χ4v) is 8.20. The van der Waals surface area contributed by atoms with Crippen molar-refractivity contribution in [3.05, 3.63) is 145 Å². The van der Waals surface area contributed by atoms with Gasteiger partial charge in [0.25, 0.3) is 0 Å². The standard InChI is InChI=1S/C39H23FN4S/c40-38(23-12-14-25-26-7-1-3-9-32(26)43-18-17-42-39(43)31(25)19-23)24-13-15-27-29-21-30-28-8-2-4-10-35(28)45-36(30)22-34(29)44(33(27)20-24)37-11-5-6-16-41-37/h1-22,38H. The topological polar surface area (TPSA) is 35.1 Å². The van der Waals surface area contributed by atoms with Gasteiger partial charge in [-0.3, -0.25) is 8.97 Å². The Morgan fingerprint density at radius 2 is 1.29 bits per heavy atom. The van der Waals surface area contributed by atoms with E-state index in [2.05, 4.69) is 68.5 Å². The highest BCUT2D eigenvalue weighted by atomic mass is 32.1. The Bertz CT molecular complexity index is 2790. The summed E-state index contributed by atoms with van der Waals surface area (Å²) in [6.07, 6.45) is 4.26. The number of pyridine rings is 2. The quantitative estimate of drug-likeness (QED) is 0.190. The maximum atomic E-state index is 16.7. The highest BCUT2D eigenvalue weighted by molar-refractivity contribution is 7.25. The largest absolute Gasteiger partial charge is 0.299 e. The lowest BCUT2D eigenvalue weighted by Gasteiger charge is -2.14. The second-order valence-electron chi connectivity index (χ2n) is 11.6. The average Bonchev–Trinajstić information content (AvgIpc) is 3.81. The lowest BCUT2D eigenvalue weighted by Crippen LogP contribution is -1.99. The molecule has 212 valence electrons. The first-order valence-electron chi connectivity index (χ1n) is 15.0. The van der Waals surface area contributed by atoms with Crippen molar-refractivity contribution in [1.29, 1.82) is 0 Å². The first kappa shape index (κ1) is 24.8. The van der Waals surface area contributed by atoms with E-state index in [1.807, 2.05) is 73.1 Å². The second-order valence-corrected chi connectivity index (χ2v) is 12.7. The van der Waals surface area contributed by atoms with Crippen LogP contribution in [0.1, 0.15) is 17.3 Å². The molecule has 0 spiro atoms. The molecule has 0 bridgehead atoms. The van der Waals surface area contributed by atoms with Crippen LogP contribution in [0.2, 0.25) is 0 Å². The molecule has 0 aliphatic heterocycles. The van der Waals surface area contributed by atoms with Gasteiger partial charge in [-0.1, -0.05) is 66.7 Å². The smallest absolute Gasteiger partial charge is 0.150 e. The number of alkyl halides is 1. The average molecular weight is 599 g/mol. The summed E-state index contributed by atoms with van der Waals surface area (Å²) in [4.78, 5) is 9.37. The third kappa shape index (κ3) is 3.51. The highest BCUT2D eigenvalue weighted by Crippen LogP contribution is 2.42. The predicted molar refractivity (Wildman–Crippen MR) is 185 cm³/mol. The molecule has 5 aromatic carbocycles. The molecule has 0 saturated heterocycles. The van der Waals surface area contributed by atoms with Crippen LogP contribution < -0.4 is 0 Å². The number of nitrogens with zero attached hydrogens (tertiary/aromatic N) is 4. The molecular formula is C39H23FN4S. The monoisotopic (exact) mass is 598 g/mol. The van der Waals surface area contributed by atoms with Gasteiger partial charge in [-0.2, -0.15) is 0 Å². The molecule has 0 radical (unpaired) electrons. The molecule has 0 amide bonds. The van der Waals surface area contributed by atoms with Gasteiger partial charge in [0.15, 0.2) is 6.17 Å². The van der Waals surface area contributed by atoms with E-state index in [4.69, 9.17) is 4.98 Å². The molecule has 45 heavy (non-hydrogen) atoms. The Hall–Kier alpha value is -5.59. The molecule has 1 unspecified atom stereocenters. The van der Waals surface area contributed by atoms with E-state index in [-0.39, 0.29) is 0 Å². The Morgan fingerprint density at radius 1 is 0.533 bits per heavy atom. The van der Waals surface area contributed by atoms with Crippen molar-refractivity contribution >= 4 is 80.6 Å². The van der Waals surface area contributed by atoms with Crippen LogP contribution in [0.25, 0.3) is 75.1 Å². The van der Waals surface area contributed by atoms with Gasteiger partial charge in [-0.25, -0.2) is 14.4 Å². The summed E-state index contributed by atoms with van der Waals surface area (Å²) in [5.41, 5.74) is 5.13. The predicted octanol–water partition coefficient (Wildman–Crippen LogP) is 10.6. The summed E-state index contributed by atoms with van der Waals surface area (Å²) < 4.78 is 23.4. The number of fused-ring (bicyclic) bond motifs is 12. The van der Waals surface area contributed by atoms with Gasteiger partial charge in [0.1, 0.15) is 11.5 Å². The normalized spacial score (nSPS) is 12.9. The molecule has 0 aliphatic rings. The number of thiophene rings is 1. The van der Waals surface area contributed by atoms with E-state index in [0.717, 1.165) is 54.9 Å². The molecular weight excluding hydrogens is 576 g/mol. The van der Waals surface area contributed by atoms with Gasteiger partial charge >= 0.3 is 0 Å². The summed E-state index contributed by atoms with van der Waals surface area (Å²) in [5.74, 6) is 0.810. The van der Waals surface area contributed by atoms with Gasteiger partial charge < -0.3 is 0 Å². The van der Waals surface area contributed by atoms with E-state index < -0.39 is 6.17 Å². The van der Waals surface area contributed by atoms with Crippen molar-refractivity contribution in [2.24, 2.45) is 0 Å². The molecule has 10 rings (SSSR count). The number of hydrogen-bond acceptors (Lipinski definition) is 3. The minimum Gasteiger partial charge on any atom is -0.299 e. The number of hydrogen-bond donors (Lipinski definition) is 0. The number of halogens is 1. The summed E-state index contributed by atoms with van der Waals surface area (Å²) in [6, 6.07) is 39.2. The number of rotatable bonds is 3. The van der Waals surface area contributed by atoms with Gasteiger partial charge in [0.2, 0.25) is 0 Å². The Morgan fingerprint density at radius 3 is 2.18 bits per heavy atom. The third-order valence-electron chi connectivity index (χ3n) is 9.13. The van der Waals surface area contributed by atoms with Gasteiger partial charge in [-0.15, -0.1) is 11.3 Å². The third-order valence-corrected chi connectivity index (χ3v) is 10.3. The van der Waals surface area contributed by atoms with Crippen molar-refractivity contribution in [3.63, 3.8) is 0 Å². The van der Waals surface area contributed by atoms with E-state index in [1.165, 1.54) is 20.2 Å². The van der Waals surface area contributed by atoms with Crippen molar-refractivity contribution in [2.75, 3.05) is 0 Å². The zero-order valence-corrected chi connectivity index (χ0v) is 24.7. The van der Waals surface area contributed by atoms with Crippen molar-refractivity contribution in [3.8, 4) is 5.82 Å². The van der Waals surface area contributed by atoms with Gasteiger partial charge in [0.05, 0.1) is 16.6 Å². The van der Waals surface area contributed by atoms with E-state index >= 15 is 4.39 Å². The lowest BCUT2D eigenvalue weighted by atomic mass is 9.97. The van der Waals surface area contributed by atoms with E-state index in [1.54, 1.807) is 17.5 Å². The highest BCUT2D eigenvalue weighted by Gasteiger charge is 2.20. The Kier molecular flexibility index (Phi) is 5.08. The molecule has 1 atom stereocenters. The fraction of sp³-hybridized carbons (Fsp3) is 0.0256. The molecule has 5 aromatic heterocycles. The zero-order valence-electron chi connectivity index (χ0n) is 23.9. The lowest BCUT2D eigenvalue weighted by molar-refractivity contribution is 0.402. The van der Waals surface area contributed by atoms with E-state index in [9.17, 15) is 0 Å². The molecule has 0 fully saturated rings. The number of para-hydroxylation sites is 1. The molecule has 0 aliphatic carbocycles.